The van der Waals surface area contributed by atoms with E-state index in [9.17, 15) is 4.79 Å². The highest BCUT2D eigenvalue weighted by molar-refractivity contribution is 6.06. The van der Waals surface area contributed by atoms with Crippen molar-refractivity contribution in [1.82, 2.24) is 4.90 Å². The Balaban J connectivity index is 0.000000457. The molecule has 3 rings (SSSR count). The van der Waals surface area contributed by atoms with E-state index in [0.717, 1.165) is 18.0 Å². The molecule has 2 unspecified atom stereocenters. The Morgan fingerprint density at radius 1 is 1.38 bits per heavy atom. The largest absolute Gasteiger partial charge is 0.377 e. The Hall–Kier alpha value is -1.05. The molecule has 0 bridgehead atoms. The number of hydrogen-bond donors (Lipinski definition) is 0. The first-order chi connectivity index (χ1) is 7.57. The van der Waals surface area contributed by atoms with Crippen LogP contribution in [0.4, 0.5) is 0 Å². The average molecular weight is 219 g/mol. The molecule has 0 N–H and O–H groups in total. The third kappa shape index (κ3) is 1.16. The number of rotatable bonds is 0. The molecule has 0 aromatic carbocycles. The lowest BCUT2D eigenvalue weighted by Gasteiger charge is -2.27. The first kappa shape index (κ1) is 11.4. The second kappa shape index (κ2) is 3.47. The fourth-order valence-electron chi connectivity index (χ4n) is 3.28. The number of carbonyl (C=O) groups is 1. The average Bonchev–Trinajstić information content (AvgIpc) is 2.92. The molecule has 3 aliphatic rings. The van der Waals surface area contributed by atoms with Crippen molar-refractivity contribution >= 4 is 5.78 Å². The zero-order valence-corrected chi connectivity index (χ0v) is 10.9. The van der Waals surface area contributed by atoms with Crippen molar-refractivity contribution in [2.45, 2.75) is 34.1 Å². The minimum atomic E-state index is 0.211. The molecule has 1 saturated carbocycles. The van der Waals surface area contributed by atoms with Gasteiger partial charge in [0.05, 0.1) is 0 Å². The summed E-state index contributed by atoms with van der Waals surface area (Å²) in [6.45, 7) is 9.23. The van der Waals surface area contributed by atoms with Crippen LogP contribution in [0.1, 0.15) is 34.1 Å². The predicted octanol–water partition coefficient (Wildman–Crippen LogP) is 2.77. The van der Waals surface area contributed by atoms with Gasteiger partial charge in [-0.25, -0.2) is 0 Å². The highest BCUT2D eigenvalue weighted by Gasteiger charge is 2.64. The Bertz CT molecular complexity index is 405. The van der Waals surface area contributed by atoms with Crippen LogP contribution >= 0.6 is 0 Å². The smallest absolute Gasteiger partial charge is 0.183 e. The number of likely N-dealkylation sites (tertiary alicyclic amines) is 1. The van der Waals surface area contributed by atoms with Gasteiger partial charge < -0.3 is 4.90 Å². The molecule has 0 aromatic rings. The van der Waals surface area contributed by atoms with E-state index < -0.39 is 0 Å². The molecule has 2 heteroatoms. The van der Waals surface area contributed by atoms with Crippen molar-refractivity contribution < 1.29 is 4.79 Å². The lowest BCUT2D eigenvalue weighted by molar-refractivity contribution is -0.111. The van der Waals surface area contributed by atoms with Crippen LogP contribution in [-0.4, -0.2) is 24.3 Å². The van der Waals surface area contributed by atoms with Gasteiger partial charge in [-0.3, -0.25) is 4.79 Å². The van der Waals surface area contributed by atoms with Crippen LogP contribution in [0.15, 0.2) is 22.9 Å². The summed E-state index contributed by atoms with van der Waals surface area (Å²) >= 11 is 0. The Morgan fingerprint density at radius 3 is 2.62 bits per heavy atom. The molecule has 16 heavy (non-hydrogen) atoms. The molecule has 2 atom stereocenters. The fraction of sp³-hybridized carbons (Fsp3) is 0.643. The van der Waals surface area contributed by atoms with Crippen molar-refractivity contribution in [1.29, 1.82) is 0 Å². The summed E-state index contributed by atoms with van der Waals surface area (Å²) in [7, 11) is 2.10. The van der Waals surface area contributed by atoms with E-state index in [4.69, 9.17) is 0 Å². The van der Waals surface area contributed by atoms with Crippen molar-refractivity contribution in [3.05, 3.63) is 22.9 Å². The Morgan fingerprint density at radius 2 is 2.00 bits per heavy atom. The summed E-state index contributed by atoms with van der Waals surface area (Å²) in [6.07, 6.45) is 3.12. The number of allylic oxidation sites excluding steroid dienone is 3. The van der Waals surface area contributed by atoms with Gasteiger partial charge in [0.1, 0.15) is 0 Å². The summed E-state index contributed by atoms with van der Waals surface area (Å²) in [4.78, 5) is 13.9. The van der Waals surface area contributed by atoms with Crippen LogP contribution in [-0.2, 0) is 4.79 Å². The summed E-state index contributed by atoms with van der Waals surface area (Å²) < 4.78 is 0. The van der Waals surface area contributed by atoms with E-state index in [-0.39, 0.29) is 11.2 Å². The van der Waals surface area contributed by atoms with Gasteiger partial charge in [0.15, 0.2) is 5.78 Å². The first-order valence-corrected chi connectivity index (χ1v) is 6.23. The maximum Gasteiger partial charge on any atom is 0.183 e. The number of piperidine rings is 1. The minimum absolute atomic E-state index is 0.211. The van der Waals surface area contributed by atoms with Gasteiger partial charge in [0.25, 0.3) is 0 Å². The van der Waals surface area contributed by atoms with Gasteiger partial charge in [-0.05, 0) is 31.8 Å². The lowest BCUT2D eigenvalue weighted by atomic mass is 9.83. The molecule has 88 valence electrons. The van der Waals surface area contributed by atoms with Crippen molar-refractivity contribution in [3.8, 4) is 0 Å². The zero-order chi connectivity index (χ0) is 12.1. The van der Waals surface area contributed by atoms with Crippen LogP contribution in [0.5, 0.6) is 0 Å². The van der Waals surface area contributed by atoms with E-state index in [0.29, 0.717) is 0 Å². The monoisotopic (exact) mass is 219 g/mol. The van der Waals surface area contributed by atoms with E-state index in [1.807, 2.05) is 26.8 Å². The topological polar surface area (TPSA) is 20.3 Å². The highest BCUT2D eigenvalue weighted by atomic mass is 16.1. The van der Waals surface area contributed by atoms with Crippen LogP contribution in [0.3, 0.4) is 0 Å². The van der Waals surface area contributed by atoms with Crippen LogP contribution in [0.25, 0.3) is 0 Å². The molecule has 2 fully saturated rings. The molecular weight excluding hydrogens is 198 g/mol. The molecule has 1 saturated heterocycles. The SMILES string of the molecule is CC.CC1=C(C)C23CC2CN(C)C3=CC1=O. The number of nitrogens with zero attached hydrogens (tertiary/aromatic N) is 1. The summed E-state index contributed by atoms with van der Waals surface area (Å²) in [5.41, 5.74) is 3.86. The minimum Gasteiger partial charge on any atom is -0.377 e. The molecular formula is C14H21NO. The standard InChI is InChI=1S/C12H15NO.C2H6/c1-7-8(2)12-5-9(12)6-13(3)11(12)4-10(7)14;1-2/h4,9H,5-6H2,1-3H3;1-2H3. The molecule has 2 nitrogen and oxygen atoms in total. The van der Waals surface area contributed by atoms with Gasteiger partial charge in [-0.1, -0.05) is 19.4 Å². The maximum absolute atomic E-state index is 11.7. The quantitative estimate of drug-likeness (QED) is 0.624. The number of hydrogen-bond acceptors (Lipinski definition) is 2. The van der Waals surface area contributed by atoms with Crippen molar-refractivity contribution in [3.63, 3.8) is 0 Å². The maximum atomic E-state index is 11.7. The zero-order valence-electron chi connectivity index (χ0n) is 10.9. The van der Waals surface area contributed by atoms with E-state index in [1.165, 1.54) is 17.7 Å². The summed E-state index contributed by atoms with van der Waals surface area (Å²) in [5.74, 6) is 0.990. The number of carbonyl (C=O) groups excluding carboxylic acids is 1. The van der Waals surface area contributed by atoms with E-state index in [2.05, 4.69) is 18.9 Å². The molecule has 1 spiro atoms. The van der Waals surface area contributed by atoms with Gasteiger partial charge in [0.2, 0.25) is 0 Å². The van der Waals surface area contributed by atoms with Gasteiger partial charge in [-0.2, -0.15) is 0 Å². The van der Waals surface area contributed by atoms with Crippen LogP contribution in [0.2, 0.25) is 0 Å². The van der Waals surface area contributed by atoms with Crippen LogP contribution in [0, 0.1) is 11.3 Å². The second-order valence-corrected chi connectivity index (χ2v) is 4.90. The second-order valence-electron chi connectivity index (χ2n) is 4.90. The van der Waals surface area contributed by atoms with Gasteiger partial charge >= 0.3 is 0 Å². The van der Waals surface area contributed by atoms with E-state index in [1.54, 1.807) is 0 Å². The summed E-state index contributed by atoms with van der Waals surface area (Å²) in [6, 6.07) is 0. The molecule has 1 heterocycles. The summed E-state index contributed by atoms with van der Waals surface area (Å²) in [5, 5.41) is 0. The molecule has 0 amide bonds. The number of ketones is 1. The Labute approximate surface area is 98.0 Å². The highest BCUT2D eigenvalue weighted by Crippen LogP contribution is 2.68. The van der Waals surface area contributed by atoms with Gasteiger partial charge in [-0.15, -0.1) is 0 Å². The third-order valence-electron chi connectivity index (χ3n) is 4.34. The molecule has 1 aliphatic heterocycles. The predicted molar refractivity (Wildman–Crippen MR) is 66.0 cm³/mol. The molecule has 0 radical (unpaired) electrons. The fourth-order valence-corrected chi connectivity index (χ4v) is 3.28. The van der Waals surface area contributed by atoms with Crippen LogP contribution < -0.4 is 0 Å². The van der Waals surface area contributed by atoms with Crippen molar-refractivity contribution in [2.24, 2.45) is 11.3 Å². The third-order valence-corrected chi connectivity index (χ3v) is 4.34. The van der Waals surface area contributed by atoms with E-state index >= 15 is 0 Å². The molecule has 2 aliphatic carbocycles. The van der Waals surface area contributed by atoms with Gasteiger partial charge in [0, 0.05) is 30.8 Å². The normalized spacial score (nSPS) is 35.1. The first-order valence-electron chi connectivity index (χ1n) is 6.23. The lowest BCUT2D eigenvalue weighted by Crippen LogP contribution is -2.24. The van der Waals surface area contributed by atoms with Crippen molar-refractivity contribution in [2.75, 3.05) is 13.6 Å². The Kier molecular flexibility index (Phi) is 2.48. The molecule has 0 aromatic heterocycles.